The molecule has 0 spiro atoms. The number of hydrogen-bond donors (Lipinski definition) is 3. The van der Waals surface area contributed by atoms with Crippen LogP contribution in [0.1, 0.15) is 68.0 Å². The first-order valence-corrected chi connectivity index (χ1v) is 20.2. The Bertz CT molecular complexity index is 2450. The van der Waals surface area contributed by atoms with Crippen LogP contribution in [0.25, 0.3) is 33.6 Å². The van der Waals surface area contributed by atoms with Crippen LogP contribution in [0.4, 0.5) is 19.3 Å². The summed E-state index contributed by atoms with van der Waals surface area (Å²) in [6, 6.07) is 19.3. The van der Waals surface area contributed by atoms with Crippen molar-refractivity contribution in [2.45, 2.75) is 70.0 Å². The molecule has 5 aromatic rings. The first-order valence-electron chi connectivity index (χ1n) is 19.8. The van der Waals surface area contributed by atoms with E-state index < -0.39 is 54.9 Å². The largest absolute Gasteiger partial charge is 0.469 e. The summed E-state index contributed by atoms with van der Waals surface area (Å²) in [5.41, 5.74) is 7.52. The van der Waals surface area contributed by atoms with Crippen molar-refractivity contribution in [2.75, 3.05) is 25.7 Å². The van der Waals surface area contributed by atoms with Gasteiger partial charge in [-0.25, -0.2) is 23.5 Å². The minimum Gasteiger partial charge on any atom is -0.469 e. The van der Waals surface area contributed by atoms with Crippen molar-refractivity contribution < 1.29 is 37.4 Å². The third kappa shape index (κ3) is 7.73. The number of hydrogen-bond acceptors (Lipinski definition) is 8. The molecular weight excluding hydrogens is 796 g/mol. The van der Waals surface area contributed by atoms with Crippen LogP contribution in [0, 0.1) is 11.8 Å². The summed E-state index contributed by atoms with van der Waals surface area (Å²) >= 11 is 6.61. The molecule has 60 heavy (non-hydrogen) atoms. The highest BCUT2D eigenvalue weighted by atomic mass is 35.5. The average molecular weight is 840 g/mol. The van der Waals surface area contributed by atoms with Gasteiger partial charge in [-0.2, -0.15) is 0 Å². The Morgan fingerprint density at radius 2 is 1.58 bits per heavy atom. The smallest absolute Gasteiger partial charge is 0.407 e. The summed E-state index contributed by atoms with van der Waals surface area (Å²) in [6.07, 6.45) is 1.92. The molecule has 0 aliphatic carbocycles. The molecule has 1 saturated heterocycles. The van der Waals surface area contributed by atoms with E-state index in [1.165, 1.54) is 14.2 Å². The molecule has 16 heteroatoms. The number of nitrogens with one attached hydrogen (secondary N) is 3. The van der Waals surface area contributed by atoms with E-state index in [9.17, 15) is 28.0 Å². The SMILES string of the molecule is COC(=O)C[C@H](C(=O)N1CC(F)(F)C[C@H]1c1nc(-c2ccc(-c3ccc(-c4cnc([C@@H]5Cc6cccc7c6N5C(=O)[C@@H](NC(=O)OC)CC7)[nH]4)cc3)cc2)c(Cl)[nH]1)C(C)C. The lowest BCUT2D eigenvalue weighted by Gasteiger charge is -2.28. The van der Waals surface area contributed by atoms with E-state index >= 15 is 0 Å². The second-order valence-electron chi connectivity index (χ2n) is 15.9. The number of carbonyl (C=O) groups excluding carboxylic acids is 4. The van der Waals surface area contributed by atoms with Gasteiger partial charge in [-0.1, -0.05) is 92.2 Å². The molecule has 3 aliphatic heterocycles. The summed E-state index contributed by atoms with van der Waals surface area (Å²) in [7, 11) is 2.50. The minimum atomic E-state index is -3.15. The van der Waals surface area contributed by atoms with Gasteiger partial charge in [0.15, 0.2) is 0 Å². The number of aromatic amines is 2. The van der Waals surface area contributed by atoms with Crippen LogP contribution in [-0.4, -0.2) is 81.4 Å². The molecular formula is C44H44ClF2N7O6. The van der Waals surface area contributed by atoms with E-state index in [1.807, 2.05) is 66.7 Å². The molecule has 13 nitrogen and oxygen atoms in total. The maximum Gasteiger partial charge on any atom is 0.407 e. The molecule has 0 radical (unpaired) electrons. The fourth-order valence-electron chi connectivity index (χ4n) is 8.60. The van der Waals surface area contributed by atoms with Crippen LogP contribution < -0.4 is 10.2 Å². The van der Waals surface area contributed by atoms with E-state index in [0.29, 0.717) is 36.3 Å². The van der Waals surface area contributed by atoms with Crippen LogP contribution in [0.5, 0.6) is 0 Å². The molecule has 4 atom stereocenters. The lowest BCUT2D eigenvalue weighted by molar-refractivity contribution is -0.149. The zero-order valence-corrected chi connectivity index (χ0v) is 34.2. The summed E-state index contributed by atoms with van der Waals surface area (Å²) in [5.74, 6) is -4.86. The van der Waals surface area contributed by atoms with Crippen LogP contribution in [0.15, 0.2) is 72.9 Å². The van der Waals surface area contributed by atoms with Crippen LogP contribution in [0.3, 0.4) is 0 Å². The number of likely N-dealkylation sites (tertiary alicyclic amines) is 1. The zero-order chi connectivity index (χ0) is 42.5. The second kappa shape index (κ2) is 16.2. The minimum absolute atomic E-state index is 0.141. The van der Waals surface area contributed by atoms with Crippen molar-refractivity contribution >= 4 is 41.2 Å². The van der Waals surface area contributed by atoms with Gasteiger partial charge in [0.05, 0.1) is 62.8 Å². The molecule has 8 rings (SSSR count). The first kappa shape index (κ1) is 40.7. The third-order valence-corrected chi connectivity index (χ3v) is 12.0. The number of nitrogens with zero attached hydrogens (tertiary/aromatic N) is 4. The molecule has 2 aromatic heterocycles. The van der Waals surface area contributed by atoms with Crippen molar-refractivity contribution in [3.8, 4) is 33.6 Å². The Balaban J connectivity index is 0.979. The number of halogens is 3. The van der Waals surface area contributed by atoms with Crippen molar-refractivity contribution in [2.24, 2.45) is 11.8 Å². The normalized spacial score (nSPS) is 19.9. The lowest BCUT2D eigenvalue weighted by Crippen LogP contribution is -2.48. The number of alkyl halides is 2. The van der Waals surface area contributed by atoms with E-state index in [2.05, 4.69) is 20.3 Å². The molecule has 0 unspecified atom stereocenters. The Morgan fingerprint density at radius 1 is 0.917 bits per heavy atom. The van der Waals surface area contributed by atoms with E-state index in [1.54, 1.807) is 24.9 Å². The summed E-state index contributed by atoms with van der Waals surface area (Å²) in [5, 5.41) is 2.86. The standard InChI is InChI=1S/C44H44ClF2N7O6/c1-23(2)30(19-35(55)59-3)41(56)53-22-44(46,47)20-34(53)40-51-36(38(45)52-40)27-14-10-25(11-15-27)24-8-12-26(13-9-24)32-21-48-39(49-32)33-18-29-7-5-6-28-16-17-31(50-43(58)60-4)42(57)54(33)37(28)29/h5-15,21,23,30-31,33-34H,16-20,22H2,1-4H3,(H,48,49)(H,50,58)(H,51,52)/t30-,31-,33-,34-/m0/s1. The molecule has 3 aliphatic rings. The number of amides is 3. The fraction of sp³-hybridized carbons (Fsp3) is 0.364. The van der Waals surface area contributed by atoms with Gasteiger partial charge in [0.1, 0.15) is 28.5 Å². The van der Waals surface area contributed by atoms with Gasteiger partial charge in [0.2, 0.25) is 11.8 Å². The number of aryl methyl sites for hydroxylation is 1. The summed E-state index contributed by atoms with van der Waals surface area (Å²) in [6.45, 7) is 2.73. The highest BCUT2D eigenvalue weighted by molar-refractivity contribution is 6.32. The van der Waals surface area contributed by atoms with Crippen molar-refractivity contribution in [3.05, 3.63) is 101 Å². The maximum absolute atomic E-state index is 14.9. The maximum atomic E-state index is 14.9. The summed E-state index contributed by atoms with van der Waals surface area (Å²) < 4.78 is 39.3. The van der Waals surface area contributed by atoms with Crippen molar-refractivity contribution in [3.63, 3.8) is 0 Å². The number of ether oxygens (including phenoxy) is 2. The molecule has 3 amide bonds. The number of carbonyl (C=O) groups is 4. The van der Waals surface area contributed by atoms with Gasteiger partial charge in [0.25, 0.3) is 5.92 Å². The first-order chi connectivity index (χ1) is 28.7. The predicted molar refractivity (Wildman–Crippen MR) is 219 cm³/mol. The van der Waals surface area contributed by atoms with Crippen molar-refractivity contribution in [1.29, 1.82) is 0 Å². The highest BCUT2D eigenvalue weighted by Gasteiger charge is 2.50. The van der Waals surface area contributed by atoms with E-state index in [4.69, 9.17) is 26.1 Å². The average Bonchev–Trinajstić information content (AvgIpc) is 4.03. The van der Waals surface area contributed by atoms with Crippen LogP contribution >= 0.6 is 11.6 Å². The molecule has 1 fully saturated rings. The summed E-state index contributed by atoms with van der Waals surface area (Å²) in [4.78, 5) is 70.3. The van der Waals surface area contributed by atoms with Crippen LogP contribution in [-0.2, 0) is 36.7 Å². The van der Waals surface area contributed by atoms with Crippen molar-refractivity contribution in [1.82, 2.24) is 30.2 Å². The Labute approximate surface area is 349 Å². The molecule has 3 aromatic carbocycles. The number of imidazole rings is 2. The number of anilines is 1. The number of H-pyrrole nitrogens is 2. The number of aromatic nitrogens is 4. The number of alkyl carbamates (subject to hydrolysis) is 1. The molecule has 5 heterocycles. The predicted octanol–water partition coefficient (Wildman–Crippen LogP) is 7.83. The molecule has 0 saturated carbocycles. The van der Waals surface area contributed by atoms with E-state index in [0.717, 1.165) is 44.1 Å². The van der Waals surface area contributed by atoms with Gasteiger partial charge in [-0.3, -0.25) is 19.3 Å². The topological polar surface area (TPSA) is 163 Å². The quantitative estimate of drug-likeness (QED) is 0.120. The van der Waals surface area contributed by atoms with Gasteiger partial charge in [-0.15, -0.1) is 0 Å². The number of benzene rings is 3. The van der Waals surface area contributed by atoms with Gasteiger partial charge >= 0.3 is 12.1 Å². The zero-order valence-electron chi connectivity index (χ0n) is 33.4. The number of methoxy groups -OCH3 is 2. The fourth-order valence-corrected chi connectivity index (χ4v) is 8.84. The monoisotopic (exact) mass is 839 g/mol. The Hall–Kier alpha value is -6.09. The highest BCUT2D eigenvalue weighted by Crippen LogP contribution is 2.46. The lowest BCUT2D eigenvalue weighted by atomic mass is 9.91. The molecule has 312 valence electrons. The van der Waals surface area contributed by atoms with E-state index in [-0.39, 0.29) is 35.3 Å². The Morgan fingerprint density at radius 3 is 2.25 bits per heavy atom. The van der Waals surface area contributed by atoms with Crippen LogP contribution in [0.2, 0.25) is 5.15 Å². The Kier molecular flexibility index (Phi) is 11.0. The number of esters is 1. The third-order valence-electron chi connectivity index (χ3n) is 11.8. The number of para-hydroxylation sites is 1. The molecule has 0 bridgehead atoms. The van der Waals surface area contributed by atoms with Gasteiger partial charge < -0.3 is 29.7 Å². The second-order valence-corrected chi connectivity index (χ2v) is 16.3. The number of rotatable bonds is 10. The van der Waals surface area contributed by atoms with Gasteiger partial charge in [0, 0.05) is 18.4 Å². The van der Waals surface area contributed by atoms with Gasteiger partial charge in [-0.05, 0) is 46.6 Å². The molecule has 3 N–H and O–H groups in total.